The summed E-state index contributed by atoms with van der Waals surface area (Å²) in [5.74, 6) is 1.30. The van der Waals surface area contributed by atoms with Gasteiger partial charge in [0.2, 0.25) is 0 Å². The Balaban J connectivity index is 1.64. The van der Waals surface area contributed by atoms with E-state index in [0.717, 1.165) is 37.1 Å². The Labute approximate surface area is 165 Å². The number of rotatable bonds is 7. The highest BCUT2D eigenvalue weighted by Crippen LogP contribution is 2.21. The Morgan fingerprint density at radius 3 is 2.81 bits per heavy atom. The molecule has 0 saturated carbocycles. The van der Waals surface area contributed by atoms with Crippen molar-refractivity contribution in [1.29, 1.82) is 0 Å². The molecule has 2 aromatic rings. The van der Waals surface area contributed by atoms with E-state index in [2.05, 4.69) is 15.3 Å². The molecule has 0 radical (unpaired) electrons. The third-order valence-corrected chi connectivity index (χ3v) is 4.53. The van der Waals surface area contributed by atoms with Gasteiger partial charge in [-0.2, -0.15) is 0 Å². The maximum Gasteiger partial charge on any atom is 0.196 e. The van der Waals surface area contributed by atoms with Crippen molar-refractivity contribution in [1.82, 2.24) is 9.97 Å². The van der Waals surface area contributed by atoms with Gasteiger partial charge in [-0.05, 0) is 63.0 Å². The number of thiocarbonyl (C=S) groups is 1. The minimum atomic E-state index is -0.0809. The Hall–Kier alpha value is -2.09. The summed E-state index contributed by atoms with van der Waals surface area (Å²) in [5, 5.41) is 3.69. The smallest absolute Gasteiger partial charge is 0.196 e. The number of benzene rings is 1. The molecule has 1 fully saturated rings. The van der Waals surface area contributed by atoms with Crippen LogP contribution in [0, 0.1) is 6.92 Å². The summed E-state index contributed by atoms with van der Waals surface area (Å²) >= 11 is 5.31. The van der Waals surface area contributed by atoms with Crippen LogP contribution in [0.2, 0.25) is 0 Å². The van der Waals surface area contributed by atoms with Gasteiger partial charge in [-0.15, -0.1) is 0 Å². The van der Waals surface area contributed by atoms with E-state index in [-0.39, 0.29) is 6.29 Å². The summed E-state index contributed by atoms with van der Waals surface area (Å²) in [6.07, 6.45) is 4.86. The Bertz CT molecular complexity index is 762. The second kappa shape index (κ2) is 9.73. The molecule has 1 atom stereocenters. The Morgan fingerprint density at radius 1 is 1.30 bits per heavy atom. The fourth-order valence-corrected chi connectivity index (χ4v) is 3.04. The lowest BCUT2D eigenvalue weighted by Crippen LogP contribution is -2.21. The van der Waals surface area contributed by atoms with Gasteiger partial charge in [0.15, 0.2) is 11.3 Å². The van der Waals surface area contributed by atoms with Crippen molar-refractivity contribution in [3.63, 3.8) is 0 Å². The van der Waals surface area contributed by atoms with Gasteiger partial charge < -0.3 is 19.5 Å². The van der Waals surface area contributed by atoms with Crippen LogP contribution in [0.5, 0.6) is 0 Å². The molecule has 1 saturated heterocycles. The van der Waals surface area contributed by atoms with Crippen molar-refractivity contribution < 1.29 is 14.2 Å². The van der Waals surface area contributed by atoms with Crippen LogP contribution in [0.25, 0.3) is 0 Å². The van der Waals surface area contributed by atoms with E-state index in [0.29, 0.717) is 35.5 Å². The van der Waals surface area contributed by atoms with E-state index < -0.39 is 0 Å². The van der Waals surface area contributed by atoms with Crippen LogP contribution >= 0.6 is 12.2 Å². The molecule has 2 heterocycles. The second-order valence-corrected chi connectivity index (χ2v) is 6.70. The standard InChI is InChI=1S/C20H25N3O3S/c1-3-24-20(27)17-12-21-14(2)22-19(17)23-16-9-7-15(8-10-16)13-26-18-6-4-5-11-25-18/h7-10,12,18H,3-6,11,13H2,1-2H3,(H,21,22,23). The quantitative estimate of drug-likeness (QED) is 0.711. The van der Waals surface area contributed by atoms with Crippen LogP contribution in [0.1, 0.15) is 43.1 Å². The highest BCUT2D eigenvalue weighted by Gasteiger charge is 2.14. The van der Waals surface area contributed by atoms with Crippen molar-refractivity contribution in [2.45, 2.75) is 46.0 Å². The zero-order valence-electron chi connectivity index (χ0n) is 15.7. The first-order chi connectivity index (χ1) is 13.2. The average molecular weight is 388 g/mol. The van der Waals surface area contributed by atoms with Gasteiger partial charge in [0.25, 0.3) is 0 Å². The van der Waals surface area contributed by atoms with Gasteiger partial charge in [0, 0.05) is 18.5 Å². The van der Waals surface area contributed by atoms with E-state index >= 15 is 0 Å². The molecule has 1 aliphatic rings. The predicted molar refractivity (Wildman–Crippen MR) is 108 cm³/mol. The molecule has 6 nitrogen and oxygen atoms in total. The topological polar surface area (TPSA) is 65.5 Å². The molecule has 144 valence electrons. The Kier molecular flexibility index (Phi) is 7.09. The summed E-state index contributed by atoms with van der Waals surface area (Å²) in [7, 11) is 0. The summed E-state index contributed by atoms with van der Waals surface area (Å²) in [5.41, 5.74) is 2.68. The Morgan fingerprint density at radius 2 is 2.11 bits per heavy atom. The van der Waals surface area contributed by atoms with Crippen molar-refractivity contribution in [2.24, 2.45) is 0 Å². The van der Waals surface area contributed by atoms with E-state index in [1.807, 2.05) is 38.1 Å². The molecule has 1 aliphatic heterocycles. The fourth-order valence-electron chi connectivity index (χ4n) is 2.78. The van der Waals surface area contributed by atoms with E-state index in [4.69, 9.17) is 26.4 Å². The van der Waals surface area contributed by atoms with Crippen LogP contribution in [-0.4, -0.2) is 34.5 Å². The number of hydrogen-bond acceptors (Lipinski definition) is 7. The number of nitrogens with one attached hydrogen (secondary N) is 1. The van der Waals surface area contributed by atoms with Crippen LogP contribution in [0.3, 0.4) is 0 Å². The number of aromatic nitrogens is 2. The molecule has 7 heteroatoms. The number of ether oxygens (including phenoxy) is 3. The minimum Gasteiger partial charge on any atom is -0.483 e. The van der Waals surface area contributed by atoms with Gasteiger partial charge in [0.1, 0.15) is 11.6 Å². The maximum atomic E-state index is 5.82. The molecule has 0 bridgehead atoms. The second-order valence-electron chi connectivity index (χ2n) is 6.33. The molecule has 1 N–H and O–H groups in total. The normalized spacial score (nSPS) is 16.7. The van der Waals surface area contributed by atoms with Crippen LogP contribution in [0.15, 0.2) is 30.5 Å². The third kappa shape index (κ3) is 5.69. The molecular formula is C20H25N3O3S. The lowest BCUT2D eigenvalue weighted by atomic mass is 10.2. The van der Waals surface area contributed by atoms with Gasteiger partial charge >= 0.3 is 0 Å². The lowest BCUT2D eigenvalue weighted by molar-refractivity contribution is -0.168. The van der Waals surface area contributed by atoms with Crippen LogP contribution < -0.4 is 5.32 Å². The highest BCUT2D eigenvalue weighted by molar-refractivity contribution is 7.80. The number of nitrogens with zero attached hydrogens (tertiary/aromatic N) is 2. The van der Waals surface area contributed by atoms with Crippen molar-refractivity contribution in [3.8, 4) is 0 Å². The molecule has 1 unspecified atom stereocenters. The molecule has 1 aromatic heterocycles. The first-order valence-electron chi connectivity index (χ1n) is 9.25. The third-order valence-electron chi connectivity index (χ3n) is 4.20. The van der Waals surface area contributed by atoms with Gasteiger partial charge in [-0.1, -0.05) is 12.1 Å². The van der Waals surface area contributed by atoms with E-state index in [9.17, 15) is 0 Å². The molecule has 27 heavy (non-hydrogen) atoms. The molecule has 0 aliphatic carbocycles. The maximum absolute atomic E-state index is 5.82. The monoisotopic (exact) mass is 387 g/mol. The predicted octanol–water partition coefficient (Wildman–Crippen LogP) is 4.28. The summed E-state index contributed by atoms with van der Waals surface area (Å²) in [4.78, 5) is 8.68. The van der Waals surface area contributed by atoms with E-state index in [1.165, 1.54) is 0 Å². The van der Waals surface area contributed by atoms with E-state index in [1.54, 1.807) is 6.20 Å². The number of aryl methyl sites for hydroxylation is 1. The molecule has 0 spiro atoms. The highest BCUT2D eigenvalue weighted by atomic mass is 32.1. The molecule has 3 rings (SSSR count). The summed E-state index contributed by atoms with van der Waals surface area (Å²) in [6, 6.07) is 8.04. The lowest BCUT2D eigenvalue weighted by Gasteiger charge is -2.22. The summed E-state index contributed by atoms with van der Waals surface area (Å²) in [6.45, 7) is 5.57. The van der Waals surface area contributed by atoms with Gasteiger partial charge in [0.05, 0.1) is 18.8 Å². The van der Waals surface area contributed by atoms with Crippen molar-refractivity contribution in [2.75, 3.05) is 18.5 Å². The zero-order chi connectivity index (χ0) is 19.1. The van der Waals surface area contributed by atoms with Gasteiger partial charge in [-0.25, -0.2) is 9.97 Å². The largest absolute Gasteiger partial charge is 0.483 e. The van der Waals surface area contributed by atoms with Crippen molar-refractivity contribution >= 4 is 28.8 Å². The van der Waals surface area contributed by atoms with Crippen LogP contribution in [-0.2, 0) is 20.8 Å². The average Bonchev–Trinajstić information content (AvgIpc) is 2.68. The summed E-state index contributed by atoms with van der Waals surface area (Å²) < 4.78 is 16.9. The molecule has 0 amide bonds. The first-order valence-corrected chi connectivity index (χ1v) is 9.66. The SMILES string of the molecule is CCOC(=S)c1cnc(C)nc1Nc1ccc(COC2CCCCO2)cc1. The van der Waals surface area contributed by atoms with Crippen molar-refractivity contribution in [3.05, 3.63) is 47.4 Å². The fraction of sp³-hybridized carbons (Fsp3) is 0.450. The first kappa shape index (κ1) is 19.7. The van der Waals surface area contributed by atoms with Gasteiger partial charge in [-0.3, -0.25) is 0 Å². The number of anilines is 2. The number of hydrogen-bond donors (Lipinski definition) is 1. The van der Waals surface area contributed by atoms with Crippen LogP contribution in [0.4, 0.5) is 11.5 Å². The molecule has 1 aromatic carbocycles. The minimum absolute atomic E-state index is 0.0809. The zero-order valence-corrected chi connectivity index (χ0v) is 16.6. The molecular weight excluding hydrogens is 362 g/mol.